The molecule has 1 saturated heterocycles. The number of likely N-dealkylation sites (tertiary alicyclic amines) is 1. The van der Waals surface area contributed by atoms with Gasteiger partial charge < -0.3 is 19.7 Å². The molecular weight excluding hydrogens is 376 g/mol. The lowest BCUT2D eigenvalue weighted by Gasteiger charge is -2.21. The summed E-state index contributed by atoms with van der Waals surface area (Å²) in [5, 5.41) is 13.2. The average Bonchev–Trinajstić information content (AvgIpc) is 3.48. The molecule has 1 aliphatic rings. The smallest absolute Gasteiger partial charge is 0.249 e. The van der Waals surface area contributed by atoms with Crippen LogP contribution in [-0.2, 0) is 6.54 Å². The number of nitrogens with zero attached hydrogens (tertiary/aromatic N) is 4. The zero-order chi connectivity index (χ0) is 20.9. The van der Waals surface area contributed by atoms with Crippen LogP contribution in [0.3, 0.4) is 0 Å². The van der Waals surface area contributed by atoms with E-state index in [1.807, 2.05) is 4.90 Å². The molecule has 7 nitrogen and oxygen atoms in total. The Hall–Kier alpha value is -2.83. The Balaban J connectivity index is 1.53. The van der Waals surface area contributed by atoms with E-state index in [0.29, 0.717) is 11.7 Å². The minimum atomic E-state index is -0.0970. The van der Waals surface area contributed by atoms with E-state index in [1.54, 1.807) is 0 Å². The minimum Gasteiger partial charge on any atom is -0.370 e. The van der Waals surface area contributed by atoms with E-state index in [0.717, 1.165) is 36.9 Å². The van der Waals surface area contributed by atoms with Gasteiger partial charge in [0, 0.05) is 35.8 Å². The molecule has 1 atom stereocenters. The Morgan fingerprint density at radius 2 is 2.00 bits per heavy atom. The number of aromatic nitrogens is 3. The van der Waals surface area contributed by atoms with E-state index in [2.05, 4.69) is 47.1 Å². The first-order chi connectivity index (χ1) is 14.7. The molecule has 1 aromatic carbocycles. The van der Waals surface area contributed by atoms with Gasteiger partial charge in [0.05, 0.1) is 0 Å². The normalized spacial score (nSPS) is 16.6. The van der Waals surface area contributed by atoms with Crippen molar-refractivity contribution >= 4 is 16.9 Å². The molecule has 0 radical (unpaired) electrons. The SMILES string of the molecule is CCCCCCCCn1cc(-c2noc(C3CCCN3C(=N)N)n2)c2ccccc21. The number of nitrogens with one attached hydrogen (secondary N) is 1. The maximum absolute atomic E-state index is 7.78. The molecule has 30 heavy (non-hydrogen) atoms. The molecule has 1 fully saturated rings. The second-order valence-corrected chi connectivity index (χ2v) is 8.21. The Bertz CT molecular complexity index is 991. The second kappa shape index (κ2) is 9.32. The van der Waals surface area contributed by atoms with Gasteiger partial charge in [0.1, 0.15) is 6.04 Å². The third-order valence-electron chi connectivity index (χ3n) is 6.07. The lowest BCUT2D eigenvalue weighted by Crippen LogP contribution is -2.35. The Kier molecular flexibility index (Phi) is 6.35. The van der Waals surface area contributed by atoms with Crippen molar-refractivity contribution in [1.82, 2.24) is 19.6 Å². The number of benzene rings is 1. The van der Waals surface area contributed by atoms with Crippen LogP contribution in [0.15, 0.2) is 35.0 Å². The molecule has 0 bridgehead atoms. The predicted octanol–water partition coefficient (Wildman–Crippen LogP) is 5.08. The quantitative estimate of drug-likeness (QED) is 0.292. The molecule has 3 heterocycles. The predicted molar refractivity (Wildman–Crippen MR) is 119 cm³/mol. The molecule has 0 aliphatic carbocycles. The molecule has 4 rings (SSSR count). The van der Waals surface area contributed by atoms with Gasteiger partial charge in [-0.2, -0.15) is 4.98 Å². The highest BCUT2D eigenvalue weighted by Crippen LogP contribution is 2.34. The fraction of sp³-hybridized carbons (Fsp3) is 0.522. The van der Waals surface area contributed by atoms with Crippen LogP contribution < -0.4 is 5.73 Å². The first-order valence-electron chi connectivity index (χ1n) is 11.2. The minimum absolute atomic E-state index is 0.0628. The largest absolute Gasteiger partial charge is 0.370 e. The van der Waals surface area contributed by atoms with Gasteiger partial charge in [-0.25, -0.2) is 0 Å². The van der Waals surface area contributed by atoms with E-state index in [-0.39, 0.29) is 12.0 Å². The zero-order valence-corrected chi connectivity index (χ0v) is 17.8. The van der Waals surface area contributed by atoms with Crippen molar-refractivity contribution in [2.45, 2.75) is 70.9 Å². The number of rotatable bonds is 9. The van der Waals surface area contributed by atoms with Crippen LogP contribution in [-0.4, -0.2) is 32.1 Å². The molecule has 0 amide bonds. The second-order valence-electron chi connectivity index (χ2n) is 8.21. The number of guanidine groups is 1. The van der Waals surface area contributed by atoms with Crippen molar-refractivity contribution in [2.24, 2.45) is 5.73 Å². The van der Waals surface area contributed by atoms with Crippen LogP contribution in [0.1, 0.15) is 70.2 Å². The summed E-state index contributed by atoms with van der Waals surface area (Å²) >= 11 is 0. The third kappa shape index (κ3) is 4.20. The molecule has 3 N–H and O–H groups in total. The molecule has 3 aromatic rings. The summed E-state index contributed by atoms with van der Waals surface area (Å²) in [5.41, 5.74) is 7.93. The lowest BCUT2D eigenvalue weighted by molar-refractivity contribution is 0.283. The van der Waals surface area contributed by atoms with E-state index in [1.165, 1.54) is 44.0 Å². The molecule has 1 unspecified atom stereocenters. The van der Waals surface area contributed by atoms with Crippen molar-refractivity contribution in [1.29, 1.82) is 5.41 Å². The summed E-state index contributed by atoms with van der Waals surface area (Å²) in [7, 11) is 0. The number of nitrogens with two attached hydrogens (primary N) is 1. The highest BCUT2D eigenvalue weighted by atomic mass is 16.5. The Morgan fingerprint density at radius 1 is 1.20 bits per heavy atom. The summed E-state index contributed by atoms with van der Waals surface area (Å²) in [4.78, 5) is 6.54. The maximum Gasteiger partial charge on any atom is 0.249 e. The van der Waals surface area contributed by atoms with Gasteiger partial charge in [0.25, 0.3) is 0 Å². The molecular formula is C23H32N6O. The van der Waals surface area contributed by atoms with Crippen LogP contribution in [0.2, 0.25) is 0 Å². The topological polar surface area (TPSA) is 97.0 Å². The molecule has 0 saturated carbocycles. The number of fused-ring (bicyclic) bond motifs is 1. The van der Waals surface area contributed by atoms with Crippen LogP contribution in [0.4, 0.5) is 0 Å². The van der Waals surface area contributed by atoms with Crippen molar-refractivity contribution in [3.8, 4) is 11.4 Å². The standard InChI is InChI=1S/C23H32N6O/c1-2-3-4-5-6-9-14-28-16-18(17-11-7-8-12-19(17)28)21-26-22(30-27-21)20-13-10-15-29(20)23(24)25/h7-8,11-12,16,20H,2-6,9-10,13-15H2,1H3,(H3,24,25). The summed E-state index contributed by atoms with van der Waals surface area (Å²) in [5.74, 6) is 1.22. The highest BCUT2D eigenvalue weighted by Gasteiger charge is 2.32. The number of para-hydroxylation sites is 1. The van der Waals surface area contributed by atoms with Gasteiger partial charge >= 0.3 is 0 Å². The van der Waals surface area contributed by atoms with Gasteiger partial charge in [0.15, 0.2) is 5.96 Å². The summed E-state index contributed by atoms with van der Waals surface area (Å²) in [6, 6.07) is 8.31. The van der Waals surface area contributed by atoms with Gasteiger partial charge in [-0.1, -0.05) is 62.4 Å². The first-order valence-corrected chi connectivity index (χ1v) is 11.2. The fourth-order valence-electron chi connectivity index (χ4n) is 4.46. The number of unbranched alkanes of at least 4 members (excludes halogenated alkanes) is 5. The Morgan fingerprint density at radius 3 is 2.83 bits per heavy atom. The average molecular weight is 409 g/mol. The van der Waals surface area contributed by atoms with Gasteiger partial charge in [-0.05, 0) is 25.3 Å². The van der Waals surface area contributed by atoms with Gasteiger partial charge in [-0.3, -0.25) is 5.41 Å². The summed E-state index contributed by atoms with van der Waals surface area (Å²) in [6.07, 6.45) is 11.7. The monoisotopic (exact) mass is 408 g/mol. The summed E-state index contributed by atoms with van der Waals surface area (Å²) < 4.78 is 7.93. The Labute approximate surface area is 177 Å². The van der Waals surface area contributed by atoms with Crippen molar-refractivity contribution in [2.75, 3.05) is 6.54 Å². The van der Waals surface area contributed by atoms with Crippen LogP contribution in [0, 0.1) is 5.41 Å². The zero-order valence-electron chi connectivity index (χ0n) is 17.8. The van der Waals surface area contributed by atoms with E-state index >= 15 is 0 Å². The molecule has 2 aromatic heterocycles. The third-order valence-corrected chi connectivity index (χ3v) is 6.07. The van der Waals surface area contributed by atoms with Crippen molar-refractivity contribution in [3.05, 3.63) is 36.4 Å². The summed E-state index contributed by atoms with van der Waals surface area (Å²) in [6.45, 7) is 4.01. The highest BCUT2D eigenvalue weighted by molar-refractivity contribution is 5.94. The van der Waals surface area contributed by atoms with E-state index in [9.17, 15) is 0 Å². The van der Waals surface area contributed by atoms with Crippen molar-refractivity contribution in [3.63, 3.8) is 0 Å². The van der Waals surface area contributed by atoms with Crippen LogP contribution >= 0.6 is 0 Å². The number of hydrogen-bond donors (Lipinski definition) is 2. The van der Waals surface area contributed by atoms with Crippen LogP contribution in [0.25, 0.3) is 22.3 Å². The van der Waals surface area contributed by atoms with E-state index < -0.39 is 0 Å². The fourth-order valence-corrected chi connectivity index (χ4v) is 4.46. The van der Waals surface area contributed by atoms with Gasteiger partial charge in [0.2, 0.25) is 11.7 Å². The molecule has 7 heteroatoms. The molecule has 0 spiro atoms. The van der Waals surface area contributed by atoms with Crippen molar-refractivity contribution < 1.29 is 4.52 Å². The van der Waals surface area contributed by atoms with E-state index in [4.69, 9.17) is 20.7 Å². The molecule has 160 valence electrons. The lowest BCUT2D eigenvalue weighted by atomic mass is 10.1. The number of hydrogen-bond acceptors (Lipinski definition) is 4. The van der Waals surface area contributed by atoms with Gasteiger partial charge in [-0.15, -0.1) is 0 Å². The molecule has 1 aliphatic heterocycles. The van der Waals surface area contributed by atoms with Crippen LogP contribution in [0.5, 0.6) is 0 Å². The number of aryl methyl sites for hydroxylation is 1. The maximum atomic E-state index is 7.78. The first kappa shape index (κ1) is 20.4.